The maximum absolute atomic E-state index is 12.2. The van der Waals surface area contributed by atoms with Crippen molar-refractivity contribution in [3.05, 3.63) is 53.0 Å². The van der Waals surface area contributed by atoms with Gasteiger partial charge in [0.15, 0.2) is 6.73 Å². The molecule has 1 aromatic heterocycles. The summed E-state index contributed by atoms with van der Waals surface area (Å²) in [5, 5.41) is 0.886. The van der Waals surface area contributed by atoms with Crippen molar-refractivity contribution in [3.8, 4) is 5.75 Å². The van der Waals surface area contributed by atoms with Gasteiger partial charge in [-0.2, -0.15) is 0 Å². The fourth-order valence-electron chi connectivity index (χ4n) is 2.89. The molecule has 3 rings (SSSR count). The number of nitrogens with zero attached hydrogens (tertiary/aromatic N) is 2. The van der Waals surface area contributed by atoms with Gasteiger partial charge in [0.2, 0.25) is 0 Å². The molecule has 0 unspecified atom stereocenters. The number of para-hydroxylation sites is 1. The molecule has 2 aromatic carbocycles. The molecule has 1 amide bonds. The van der Waals surface area contributed by atoms with E-state index in [9.17, 15) is 9.59 Å². The average molecular weight is 429 g/mol. The summed E-state index contributed by atoms with van der Waals surface area (Å²) in [7, 11) is 1.29. The summed E-state index contributed by atoms with van der Waals surface area (Å²) in [5.41, 5.74) is 2.33. The first-order chi connectivity index (χ1) is 14.5. The highest BCUT2D eigenvalue weighted by atomic mass is 32.1. The molecule has 0 fully saturated rings. The highest BCUT2D eigenvalue weighted by molar-refractivity contribution is 7.18. The second-order valence-electron chi connectivity index (χ2n) is 6.61. The zero-order valence-electron chi connectivity index (χ0n) is 17.2. The van der Waals surface area contributed by atoms with Crippen LogP contribution in [0.2, 0.25) is 0 Å². The van der Waals surface area contributed by atoms with Gasteiger partial charge >= 0.3 is 12.1 Å². The number of anilines is 1. The number of carbonyl (C=O) groups is 2. The van der Waals surface area contributed by atoms with Gasteiger partial charge in [-0.1, -0.05) is 19.1 Å². The second kappa shape index (κ2) is 10.1. The molecule has 1 heterocycles. The Morgan fingerprint density at radius 1 is 1.17 bits per heavy atom. The topological polar surface area (TPSA) is 78.0 Å². The predicted octanol–water partition coefficient (Wildman–Crippen LogP) is 5.06. The molecular weight excluding hydrogens is 404 g/mol. The van der Waals surface area contributed by atoms with E-state index in [0.29, 0.717) is 30.9 Å². The number of fused-ring (bicyclic) bond motifs is 1. The molecule has 0 aliphatic heterocycles. The van der Waals surface area contributed by atoms with Gasteiger partial charge in [0, 0.05) is 6.42 Å². The molecule has 0 spiro atoms. The minimum atomic E-state index is -0.606. The van der Waals surface area contributed by atoms with E-state index < -0.39 is 6.09 Å². The van der Waals surface area contributed by atoms with Crippen LogP contribution in [0.1, 0.15) is 30.3 Å². The van der Waals surface area contributed by atoms with E-state index in [2.05, 4.69) is 4.98 Å². The normalized spacial score (nSPS) is 10.6. The Labute approximate surface area is 179 Å². The highest BCUT2D eigenvalue weighted by Gasteiger charge is 2.20. The van der Waals surface area contributed by atoms with Crippen molar-refractivity contribution >= 4 is 39.3 Å². The van der Waals surface area contributed by atoms with E-state index in [1.807, 2.05) is 44.2 Å². The Kier molecular flexibility index (Phi) is 7.24. The van der Waals surface area contributed by atoms with Crippen molar-refractivity contribution in [1.82, 2.24) is 4.98 Å². The van der Waals surface area contributed by atoms with E-state index in [4.69, 9.17) is 14.2 Å². The summed E-state index contributed by atoms with van der Waals surface area (Å²) in [6.07, 6.45) is 0.370. The summed E-state index contributed by atoms with van der Waals surface area (Å²) in [5.74, 6) is 0.295. The summed E-state index contributed by atoms with van der Waals surface area (Å²) in [4.78, 5) is 29.7. The van der Waals surface area contributed by atoms with Crippen LogP contribution in [-0.2, 0) is 20.9 Å². The molecule has 0 saturated heterocycles. The van der Waals surface area contributed by atoms with E-state index in [1.165, 1.54) is 12.0 Å². The molecule has 8 heteroatoms. The number of aryl methyl sites for hydroxylation is 1. The lowest BCUT2D eigenvalue weighted by molar-refractivity contribution is -0.143. The molecule has 7 nitrogen and oxygen atoms in total. The van der Waals surface area contributed by atoms with Gasteiger partial charge in [0.25, 0.3) is 0 Å². The van der Waals surface area contributed by atoms with E-state index in [1.54, 1.807) is 23.5 Å². The largest absolute Gasteiger partial charge is 0.486 e. The van der Waals surface area contributed by atoms with Crippen LogP contribution in [0, 0.1) is 6.92 Å². The number of thiazole rings is 1. The van der Waals surface area contributed by atoms with Crippen LogP contribution in [0.5, 0.6) is 5.75 Å². The number of esters is 1. The highest BCUT2D eigenvalue weighted by Crippen LogP contribution is 2.27. The number of methoxy groups -OCH3 is 1. The standard InChI is InChI=1S/C22H24N2O5S/c1-4-7-21(25)29-14-24(22(26)27-3)18-11-10-16(12-15(18)2)28-13-20-23-17-8-5-6-9-19(17)30-20/h5-6,8-12H,4,7,13-14H2,1-3H3. The van der Waals surface area contributed by atoms with Crippen LogP contribution in [-0.4, -0.2) is 30.9 Å². The lowest BCUT2D eigenvalue weighted by Gasteiger charge is -2.23. The first-order valence-electron chi connectivity index (χ1n) is 9.60. The third-order valence-electron chi connectivity index (χ3n) is 4.36. The Hall–Kier alpha value is -3.13. The smallest absolute Gasteiger partial charge is 0.416 e. The van der Waals surface area contributed by atoms with Gasteiger partial charge in [0.05, 0.1) is 23.0 Å². The van der Waals surface area contributed by atoms with Gasteiger partial charge in [-0.25, -0.2) is 14.7 Å². The number of hydrogen-bond acceptors (Lipinski definition) is 7. The zero-order chi connectivity index (χ0) is 21.5. The van der Waals surface area contributed by atoms with Gasteiger partial charge in [0.1, 0.15) is 17.4 Å². The number of hydrogen-bond donors (Lipinski definition) is 0. The average Bonchev–Trinajstić information content (AvgIpc) is 3.16. The Bertz CT molecular complexity index is 1000. The van der Waals surface area contributed by atoms with Crippen molar-refractivity contribution in [2.75, 3.05) is 18.7 Å². The Morgan fingerprint density at radius 3 is 2.67 bits per heavy atom. The van der Waals surface area contributed by atoms with Crippen molar-refractivity contribution in [3.63, 3.8) is 0 Å². The molecule has 0 aliphatic rings. The summed E-state index contributed by atoms with van der Waals surface area (Å²) >= 11 is 1.59. The van der Waals surface area contributed by atoms with Crippen molar-refractivity contribution < 1.29 is 23.8 Å². The van der Waals surface area contributed by atoms with Gasteiger partial charge in [-0.15, -0.1) is 11.3 Å². The maximum Gasteiger partial charge on any atom is 0.416 e. The third-order valence-corrected chi connectivity index (χ3v) is 5.37. The number of benzene rings is 2. The van der Waals surface area contributed by atoms with E-state index >= 15 is 0 Å². The SMILES string of the molecule is CCCC(=O)OCN(C(=O)OC)c1ccc(OCc2nc3ccccc3s2)cc1C. The van der Waals surface area contributed by atoms with E-state index in [-0.39, 0.29) is 12.7 Å². The summed E-state index contributed by atoms with van der Waals surface area (Å²) in [6, 6.07) is 13.3. The molecule has 0 aliphatic carbocycles. The predicted molar refractivity (Wildman–Crippen MR) is 116 cm³/mol. The van der Waals surface area contributed by atoms with Crippen molar-refractivity contribution in [1.29, 1.82) is 0 Å². The molecule has 0 N–H and O–H groups in total. The first-order valence-corrected chi connectivity index (χ1v) is 10.4. The van der Waals surface area contributed by atoms with Crippen molar-refractivity contribution in [2.45, 2.75) is 33.3 Å². The van der Waals surface area contributed by atoms with Crippen LogP contribution in [0.25, 0.3) is 10.2 Å². The van der Waals surface area contributed by atoms with Crippen molar-refractivity contribution in [2.24, 2.45) is 0 Å². The quantitative estimate of drug-likeness (QED) is 0.369. The monoisotopic (exact) mass is 428 g/mol. The molecule has 30 heavy (non-hydrogen) atoms. The summed E-state index contributed by atoms with van der Waals surface area (Å²) in [6.45, 7) is 3.88. The van der Waals surface area contributed by atoms with Crippen LogP contribution >= 0.6 is 11.3 Å². The number of ether oxygens (including phenoxy) is 3. The minimum absolute atomic E-state index is 0.210. The minimum Gasteiger partial charge on any atom is -0.486 e. The molecule has 0 saturated carbocycles. The number of carbonyl (C=O) groups excluding carboxylic acids is 2. The van der Waals surface area contributed by atoms with Gasteiger partial charge in [-0.05, 0) is 49.2 Å². The third kappa shape index (κ3) is 5.27. The first kappa shape index (κ1) is 21.6. The molecule has 158 valence electrons. The van der Waals surface area contributed by atoms with Crippen LogP contribution in [0.4, 0.5) is 10.5 Å². The van der Waals surface area contributed by atoms with E-state index in [0.717, 1.165) is 20.8 Å². The maximum atomic E-state index is 12.2. The molecule has 3 aromatic rings. The number of amides is 1. The number of aromatic nitrogens is 1. The summed E-state index contributed by atoms with van der Waals surface area (Å²) < 4.78 is 17.0. The fraction of sp³-hybridized carbons (Fsp3) is 0.318. The molecule has 0 atom stereocenters. The van der Waals surface area contributed by atoms with Crippen LogP contribution < -0.4 is 9.64 Å². The fourth-order valence-corrected chi connectivity index (χ4v) is 3.77. The Balaban J connectivity index is 1.69. The lowest BCUT2D eigenvalue weighted by Crippen LogP contribution is -2.34. The molecule has 0 radical (unpaired) electrons. The van der Waals surface area contributed by atoms with Crippen LogP contribution in [0.15, 0.2) is 42.5 Å². The van der Waals surface area contributed by atoms with Crippen LogP contribution in [0.3, 0.4) is 0 Å². The Morgan fingerprint density at radius 2 is 1.97 bits per heavy atom. The van der Waals surface area contributed by atoms with Gasteiger partial charge in [-0.3, -0.25) is 4.79 Å². The lowest BCUT2D eigenvalue weighted by atomic mass is 10.2. The molecular formula is C22H24N2O5S. The number of rotatable bonds is 8. The zero-order valence-corrected chi connectivity index (χ0v) is 18.0. The molecule has 0 bridgehead atoms. The second-order valence-corrected chi connectivity index (χ2v) is 7.72. The van der Waals surface area contributed by atoms with Gasteiger partial charge < -0.3 is 14.2 Å².